The van der Waals surface area contributed by atoms with E-state index >= 15 is 0 Å². The van der Waals surface area contributed by atoms with Gasteiger partial charge in [0.05, 0.1) is 58.0 Å². The lowest BCUT2D eigenvalue weighted by Crippen LogP contribution is -2.36. The van der Waals surface area contributed by atoms with Gasteiger partial charge in [-0.25, -0.2) is 0 Å². The zero-order chi connectivity index (χ0) is 16.2. The molecule has 2 unspecified atom stereocenters. The van der Waals surface area contributed by atoms with Crippen LogP contribution in [0.15, 0.2) is 0 Å². The second-order valence-corrected chi connectivity index (χ2v) is 6.57. The zero-order valence-corrected chi connectivity index (χ0v) is 14.4. The lowest BCUT2D eigenvalue weighted by atomic mass is 9.94. The van der Waals surface area contributed by atoms with Gasteiger partial charge >= 0.3 is 0 Å². The highest BCUT2D eigenvalue weighted by Gasteiger charge is 2.26. The van der Waals surface area contributed by atoms with Crippen LogP contribution in [0.2, 0.25) is 0 Å². The summed E-state index contributed by atoms with van der Waals surface area (Å²) in [4.78, 5) is 0. The molecule has 2 fully saturated rings. The van der Waals surface area contributed by atoms with E-state index in [-0.39, 0.29) is 18.8 Å². The normalized spacial score (nSPS) is 26.5. The Hall–Kier alpha value is -0.200. The molecule has 0 aromatic carbocycles. The minimum atomic E-state index is 0.0767. The third-order valence-electron chi connectivity index (χ3n) is 4.76. The largest absolute Gasteiger partial charge is 0.394 e. The van der Waals surface area contributed by atoms with Crippen LogP contribution >= 0.6 is 0 Å². The van der Waals surface area contributed by atoms with Crippen LogP contribution in [0, 0.1) is 0 Å². The summed E-state index contributed by atoms with van der Waals surface area (Å²) in [5.74, 6) is 0. The molecule has 0 saturated heterocycles. The van der Waals surface area contributed by atoms with Crippen LogP contribution in [0.25, 0.3) is 0 Å². The minimum absolute atomic E-state index is 0.0767. The van der Waals surface area contributed by atoms with Gasteiger partial charge in [0.2, 0.25) is 0 Å². The Morgan fingerprint density at radius 3 is 1.83 bits per heavy atom. The van der Waals surface area contributed by atoms with Crippen molar-refractivity contribution in [2.75, 3.05) is 39.6 Å². The van der Waals surface area contributed by atoms with Gasteiger partial charge in [-0.3, -0.25) is 0 Å². The molecule has 136 valence electrons. The molecule has 0 heterocycles. The predicted molar refractivity (Wildman–Crippen MR) is 88.7 cm³/mol. The van der Waals surface area contributed by atoms with E-state index in [9.17, 15) is 0 Å². The summed E-state index contributed by atoms with van der Waals surface area (Å²) in [6, 6.07) is 0. The van der Waals surface area contributed by atoms with Crippen LogP contribution in [0.5, 0.6) is 0 Å². The van der Waals surface area contributed by atoms with Crippen LogP contribution in [0.3, 0.4) is 0 Å². The van der Waals surface area contributed by atoms with Gasteiger partial charge in [-0.05, 0) is 25.7 Å². The molecule has 2 aliphatic rings. The lowest BCUT2D eigenvalue weighted by molar-refractivity contribution is -0.108. The number of rotatable bonds is 11. The number of hydrogen-bond donors (Lipinski definition) is 1. The molecule has 0 aromatic heterocycles. The van der Waals surface area contributed by atoms with Gasteiger partial charge in [0.1, 0.15) is 0 Å². The number of hydrogen-bond acceptors (Lipinski definition) is 5. The van der Waals surface area contributed by atoms with Crippen molar-refractivity contribution in [1.82, 2.24) is 0 Å². The van der Waals surface area contributed by atoms with Crippen molar-refractivity contribution in [1.29, 1.82) is 0 Å². The summed E-state index contributed by atoms with van der Waals surface area (Å²) >= 11 is 0. The molecule has 2 aliphatic carbocycles. The summed E-state index contributed by atoms with van der Waals surface area (Å²) in [5, 5.41) is 8.88. The first kappa shape index (κ1) is 19.1. The first-order valence-electron chi connectivity index (χ1n) is 9.43. The number of aliphatic hydroxyl groups excluding tert-OH is 1. The van der Waals surface area contributed by atoms with Crippen molar-refractivity contribution in [2.45, 2.75) is 76.1 Å². The quantitative estimate of drug-likeness (QED) is 0.590. The Morgan fingerprint density at radius 2 is 1.17 bits per heavy atom. The summed E-state index contributed by atoms with van der Waals surface area (Å²) in [6.45, 7) is 3.03. The first-order valence-corrected chi connectivity index (χ1v) is 9.43. The Balaban J connectivity index is 1.45. The van der Waals surface area contributed by atoms with Crippen molar-refractivity contribution >= 4 is 0 Å². The second kappa shape index (κ2) is 12.2. The van der Waals surface area contributed by atoms with E-state index in [0.29, 0.717) is 39.1 Å². The van der Waals surface area contributed by atoms with E-state index < -0.39 is 0 Å². The smallest absolute Gasteiger partial charge is 0.0837 e. The summed E-state index contributed by atoms with van der Waals surface area (Å²) in [5.41, 5.74) is 0. The second-order valence-electron chi connectivity index (χ2n) is 6.57. The highest BCUT2D eigenvalue weighted by Crippen LogP contribution is 2.23. The molecule has 0 spiro atoms. The van der Waals surface area contributed by atoms with Crippen molar-refractivity contribution in [3.8, 4) is 0 Å². The molecule has 23 heavy (non-hydrogen) atoms. The summed E-state index contributed by atoms with van der Waals surface area (Å²) in [6.07, 6.45) is 11.6. The third-order valence-corrected chi connectivity index (χ3v) is 4.76. The standard InChI is InChI=1S/C18H34O5/c19-10-11-22-17-8-4-5-9-18(17)23-15-13-20-12-14-21-16-6-2-1-3-7-16/h16-19H,1-15H2. The fraction of sp³-hybridized carbons (Fsp3) is 1.00. The molecule has 2 atom stereocenters. The Labute approximate surface area is 140 Å². The van der Waals surface area contributed by atoms with E-state index in [1.54, 1.807) is 0 Å². The van der Waals surface area contributed by atoms with Crippen molar-refractivity contribution in [2.24, 2.45) is 0 Å². The molecule has 0 radical (unpaired) electrons. The van der Waals surface area contributed by atoms with Gasteiger partial charge in [-0.15, -0.1) is 0 Å². The third kappa shape index (κ3) is 7.94. The first-order chi connectivity index (χ1) is 11.4. The van der Waals surface area contributed by atoms with Crippen LogP contribution in [0.1, 0.15) is 57.8 Å². The fourth-order valence-corrected chi connectivity index (χ4v) is 3.51. The zero-order valence-electron chi connectivity index (χ0n) is 14.4. The monoisotopic (exact) mass is 330 g/mol. The number of aliphatic hydroxyl groups is 1. The topological polar surface area (TPSA) is 57.2 Å². The Kier molecular flexibility index (Phi) is 10.1. The molecule has 0 bridgehead atoms. The average Bonchev–Trinajstić information content (AvgIpc) is 2.61. The van der Waals surface area contributed by atoms with Gasteiger partial charge in [0.15, 0.2) is 0 Å². The van der Waals surface area contributed by atoms with Crippen LogP contribution < -0.4 is 0 Å². The van der Waals surface area contributed by atoms with Crippen LogP contribution in [-0.4, -0.2) is 63.1 Å². The van der Waals surface area contributed by atoms with E-state index in [4.69, 9.17) is 24.1 Å². The SMILES string of the molecule is OCCOC1CCCCC1OCCOCCOC1CCCCC1. The molecule has 5 nitrogen and oxygen atoms in total. The molecule has 0 aromatic rings. The molecule has 1 N–H and O–H groups in total. The predicted octanol–water partition coefficient (Wildman–Crippen LogP) is 2.69. The molecular weight excluding hydrogens is 296 g/mol. The summed E-state index contributed by atoms with van der Waals surface area (Å²) in [7, 11) is 0. The van der Waals surface area contributed by atoms with Gasteiger partial charge in [0, 0.05) is 0 Å². The van der Waals surface area contributed by atoms with Gasteiger partial charge in [0.25, 0.3) is 0 Å². The summed E-state index contributed by atoms with van der Waals surface area (Å²) < 4.78 is 23.0. The highest BCUT2D eigenvalue weighted by atomic mass is 16.6. The van der Waals surface area contributed by atoms with E-state index in [1.807, 2.05) is 0 Å². The molecule has 0 aliphatic heterocycles. The molecule has 2 rings (SSSR count). The maximum absolute atomic E-state index is 8.88. The highest BCUT2D eigenvalue weighted by molar-refractivity contribution is 4.76. The average molecular weight is 330 g/mol. The lowest BCUT2D eigenvalue weighted by Gasteiger charge is -2.31. The maximum Gasteiger partial charge on any atom is 0.0837 e. The molecule has 0 amide bonds. The Bertz CT molecular complexity index is 281. The minimum Gasteiger partial charge on any atom is -0.394 e. The van der Waals surface area contributed by atoms with Crippen molar-refractivity contribution in [3.05, 3.63) is 0 Å². The maximum atomic E-state index is 8.88. The molecule has 5 heteroatoms. The Morgan fingerprint density at radius 1 is 0.609 bits per heavy atom. The fourth-order valence-electron chi connectivity index (χ4n) is 3.51. The number of ether oxygens (including phenoxy) is 4. The van der Waals surface area contributed by atoms with Gasteiger partial charge < -0.3 is 24.1 Å². The van der Waals surface area contributed by atoms with E-state index in [0.717, 1.165) is 12.8 Å². The molecular formula is C18H34O5. The van der Waals surface area contributed by atoms with Crippen molar-refractivity contribution < 1.29 is 24.1 Å². The van der Waals surface area contributed by atoms with Crippen molar-refractivity contribution in [3.63, 3.8) is 0 Å². The van der Waals surface area contributed by atoms with Gasteiger partial charge in [-0.1, -0.05) is 32.1 Å². The van der Waals surface area contributed by atoms with E-state index in [1.165, 1.54) is 44.9 Å². The molecule has 2 saturated carbocycles. The van der Waals surface area contributed by atoms with Crippen LogP contribution in [-0.2, 0) is 18.9 Å². The van der Waals surface area contributed by atoms with Crippen LogP contribution in [0.4, 0.5) is 0 Å². The van der Waals surface area contributed by atoms with E-state index in [2.05, 4.69) is 0 Å². The van der Waals surface area contributed by atoms with Gasteiger partial charge in [-0.2, -0.15) is 0 Å².